The van der Waals surface area contributed by atoms with Crippen LogP contribution in [0, 0.1) is 0 Å². The Bertz CT molecular complexity index is 1090. The molecule has 166 valence electrons. The molecule has 2 aromatic rings. The maximum atomic E-state index is 12.9. The molecule has 6 nitrogen and oxygen atoms in total. The van der Waals surface area contributed by atoms with Crippen LogP contribution in [0.4, 0.5) is 0 Å². The maximum absolute atomic E-state index is 12.9. The zero-order chi connectivity index (χ0) is 22.3. The molecule has 0 spiro atoms. The Morgan fingerprint density at radius 3 is 2.59 bits per heavy atom. The average Bonchev–Trinajstić information content (AvgIpc) is 3.36. The van der Waals surface area contributed by atoms with Crippen molar-refractivity contribution in [2.75, 3.05) is 19.7 Å². The molecule has 2 aromatic carbocycles. The highest BCUT2D eigenvalue weighted by Gasteiger charge is 2.40. The summed E-state index contributed by atoms with van der Waals surface area (Å²) in [4.78, 5) is 39.8. The minimum absolute atomic E-state index is 0.0555. The monoisotopic (exact) mass is 496 g/mol. The van der Waals surface area contributed by atoms with Crippen molar-refractivity contribution >= 4 is 33.7 Å². The molecular formula is C25H25BrN2O4. The van der Waals surface area contributed by atoms with Crippen LogP contribution in [-0.4, -0.2) is 48.4 Å². The quantitative estimate of drug-likeness (QED) is 0.611. The SMILES string of the molecule is O=C(NCC1(c2cccc(Br)c2)CCC1)c1ccc2c(c1)C(=O)N(CC1CCCO1)C2=O. The van der Waals surface area contributed by atoms with E-state index in [0.717, 1.165) is 36.6 Å². The summed E-state index contributed by atoms with van der Waals surface area (Å²) in [6, 6.07) is 13.0. The van der Waals surface area contributed by atoms with Crippen molar-refractivity contribution in [2.24, 2.45) is 0 Å². The predicted molar refractivity (Wildman–Crippen MR) is 123 cm³/mol. The van der Waals surface area contributed by atoms with Gasteiger partial charge in [-0.3, -0.25) is 19.3 Å². The van der Waals surface area contributed by atoms with E-state index in [1.807, 2.05) is 12.1 Å². The lowest BCUT2D eigenvalue weighted by atomic mass is 9.64. The Hall–Kier alpha value is -2.51. The molecule has 1 saturated carbocycles. The van der Waals surface area contributed by atoms with Crippen LogP contribution in [0.2, 0.25) is 0 Å². The molecule has 3 amide bonds. The van der Waals surface area contributed by atoms with Gasteiger partial charge in [0.25, 0.3) is 17.7 Å². The Balaban J connectivity index is 1.29. The Morgan fingerprint density at radius 1 is 1.09 bits per heavy atom. The summed E-state index contributed by atoms with van der Waals surface area (Å²) >= 11 is 3.54. The van der Waals surface area contributed by atoms with Gasteiger partial charge in [-0.25, -0.2) is 0 Å². The molecule has 1 saturated heterocycles. The van der Waals surface area contributed by atoms with Crippen molar-refractivity contribution in [3.63, 3.8) is 0 Å². The van der Waals surface area contributed by atoms with Gasteiger partial charge in [0.05, 0.1) is 23.8 Å². The van der Waals surface area contributed by atoms with Crippen LogP contribution in [0.5, 0.6) is 0 Å². The molecular weight excluding hydrogens is 472 g/mol. The minimum Gasteiger partial charge on any atom is -0.376 e. The van der Waals surface area contributed by atoms with Crippen molar-refractivity contribution in [1.82, 2.24) is 10.2 Å². The fourth-order valence-electron chi connectivity index (χ4n) is 4.93. The van der Waals surface area contributed by atoms with E-state index in [1.54, 1.807) is 18.2 Å². The second-order valence-corrected chi connectivity index (χ2v) is 9.86. The molecule has 1 N–H and O–H groups in total. The fourth-order valence-corrected chi connectivity index (χ4v) is 5.33. The van der Waals surface area contributed by atoms with E-state index in [-0.39, 0.29) is 35.8 Å². The minimum atomic E-state index is -0.347. The lowest BCUT2D eigenvalue weighted by molar-refractivity contribution is 0.0475. The van der Waals surface area contributed by atoms with Crippen LogP contribution >= 0.6 is 15.9 Å². The summed E-state index contributed by atoms with van der Waals surface area (Å²) in [6.45, 7) is 1.47. The molecule has 32 heavy (non-hydrogen) atoms. The Morgan fingerprint density at radius 2 is 1.91 bits per heavy atom. The number of carbonyl (C=O) groups excluding carboxylic acids is 3. The third-order valence-electron chi connectivity index (χ3n) is 6.98. The zero-order valence-corrected chi connectivity index (χ0v) is 19.3. The van der Waals surface area contributed by atoms with E-state index in [1.165, 1.54) is 10.5 Å². The number of hydrogen-bond acceptors (Lipinski definition) is 4. The predicted octanol–water partition coefficient (Wildman–Crippen LogP) is 4.08. The molecule has 3 aliphatic rings. The number of fused-ring (bicyclic) bond motifs is 1. The highest BCUT2D eigenvalue weighted by Crippen LogP contribution is 2.43. The molecule has 1 unspecified atom stereocenters. The number of rotatable bonds is 6. The van der Waals surface area contributed by atoms with E-state index < -0.39 is 0 Å². The van der Waals surface area contributed by atoms with Gasteiger partial charge < -0.3 is 10.1 Å². The first kappa shape index (κ1) is 21.3. The molecule has 1 aliphatic carbocycles. The van der Waals surface area contributed by atoms with E-state index in [9.17, 15) is 14.4 Å². The number of nitrogens with one attached hydrogen (secondary N) is 1. The van der Waals surface area contributed by atoms with Gasteiger partial charge in [-0.2, -0.15) is 0 Å². The topological polar surface area (TPSA) is 75.7 Å². The summed E-state index contributed by atoms with van der Waals surface area (Å²) in [5.41, 5.74) is 2.21. The number of halogens is 1. The summed E-state index contributed by atoms with van der Waals surface area (Å²) in [7, 11) is 0. The highest BCUT2D eigenvalue weighted by molar-refractivity contribution is 9.10. The molecule has 5 rings (SSSR count). The number of ether oxygens (including phenoxy) is 1. The van der Waals surface area contributed by atoms with Gasteiger partial charge >= 0.3 is 0 Å². The van der Waals surface area contributed by atoms with Crippen LogP contribution in [0.15, 0.2) is 46.9 Å². The number of nitrogens with zero attached hydrogens (tertiary/aromatic N) is 1. The van der Waals surface area contributed by atoms with E-state index in [0.29, 0.717) is 29.8 Å². The largest absolute Gasteiger partial charge is 0.376 e. The molecule has 0 aromatic heterocycles. The molecule has 2 fully saturated rings. The van der Waals surface area contributed by atoms with Crippen molar-refractivity contribution in [2.45, 2.75) is 43.6 Å². The van der Waals surface area contributed by atoms with Crippen molar-refractivity contribution in [3.8, 4) is 0 Å². The third kappa shape index (κ3) is 3.77. The molecule has 0 radical (unpaired) electrons. The second kappa shape index (κ2) is 8.45. The van der Waals surface area contributed by atoms with Crippen LogP contribution in [-0.2, 0) is 10.2 Å². The van der Waals surface area contributed by atoms with Gasteiger partial charge in [0.1, 0.15) is 0 Å². The average molecular weight is 497 g/mol. The third-order valence-corrected chi connectivity index (χ3v) is 7.47. The fraction of sp³-hybridized carbons (Fsp3) is 0.400. The summed E-state index contributed by atoms with van der Waals surface area (Å²) in [5, 5.41) is 3.06. The molecule has 2 heterocycles. The number of amides is 3. The van der Waals surface area contributed by atoms with Gasteiger partial charge in [-0.05, 0) is 61.6 Å². The highest BCUT2D eigenvalue weighted by atomic mass is 79.9. The van der Waals surface area contributed by atoms with Gasteiger partial charge in [0.15, 0.2) is 0 Å². The Kier molecular flexibility index (Phi) is 5.63. The van der Waals surface area contributed by atoms with Crippen molar-refractivity contribution in [3.05, 3.63) is 69.2 Å². The first-order valence-corrected chi connectivity index (χ1v) is 11.9. The van der Waals surface area contributed by atoms with Gasteiger partial charge in [-0.1, -0.05) is 34.5 Å². The maximum Gasteiger partial charge on any atom is 0.261 e. The molecule has 1 atom stereocenters. The Labute approximate surface area is 195 Å². The van der Waals surface area contributed by atoms with Crippen LogP contribution in [0.1, 0.15) is 68.7 Å². The van der Waals surface area contributed by atoms with E-state index >= 15 is 0 Å². The zero-order valence-electron chi connectivity index (χ0n) is 17.7. The smallest absolute Gasteiger partial charge is 0.261 e. The van der Waals surface area contributed by atoms with E-state index in [4.69, 9.17) is 4.74 Å². The molecule has 7 heteroatoms. The summed E-state index contributed by atoms with van der Waals surface area (Å²) in [6.07, 6.45) is 4.88. The van der Waals surface area contributed by atoms with Gasteiger partial charge in [0.2, 0.25) is 0 Å². The first-order valence-electron chi connectivity index (χ1n) is 11.1. The normalized spacial score (nSPS) is 21.4. The lowest BCUT2D eigenvalue weighted by Gasteiger charge is -2.42. The second-order valence-electron chi connectivity index (χ2n) is 8.94. The summed E-state index contributed by atoms with van der Waals surface area (Å²) in [5.74, 6) is -0.887. The molecule has 2 aliphatic heterocycles. The lowest BCUT2D eigenvalue weighted by Crippen LogP contribution is -2.45. The molecule has 0 bridgehead atoms. The van der Waals surface area contributed by atoms with E-state index in [2.05, 4.69) is 33.4 Å². The van der Waals surface area contributed by atoms with Crippen LogP contribution in [0.25, 0.3) is 0 Å². The van der Waals surface area contributed by atoms with Crippen molar-refractivity contribution < 1.29 is 19.1 Å². The first-order chi connectivity index (χ1) is 15.5. The summed E-state index contributed by atoms with van der Waals surface area (Å²) < 4.78 is 6.61. The van der Waals surface area contributed by atoms with Gasteiger partial charge in [0, 0.05) is 28.6 Å². The van der Waals surface area contributed by atoms with Crippen LogP contribution in [0.3, 0.4) is 0 Å². The standard InChI is InChI=1S/C25H25BrN2O4/c26-18-5-1-4-17(13-18)25(9-3-10-25)15-27-22(29)16-7-8-20-21(12-16)24(31)28(23(20)30)14-19-6-2-11-32-19/h1,4-5,7-8,12-13,19H,2-3,6,9-11,14-15H2,(H,27,29). The number of carbonyl (C=O) groups is 3. The number of imide groups is 1. The number of hydrogen-bond donors (Lipinski definition) is 1. The number of benzene rings is 2. The van der Waals surface area contributed by atoms with Crippen molar-refractivity contribution in [1.29, 1.82) is 0 Å². The van der Waals surface area contributed by atoms with Gasteiger partial charge in [-0.15, -0.1) is 0 Å². The van der Waals surface area contributed by atoms with Crippen LogP contribution < -0.4 is 5.32 Å².